The van der Waals surface area contributed by atoms with Gasteiger partial charge < -0.3 is 4.57 Å². The topological polar surface area (TPSA) is 65.4 Å². The summed E-state index contributed by atoms with van der Waals surface area (Å²) in [5.41, 5.74) is 15.6. The molecule has 0 atom stereocenters. The monoisotopic (exact) mass is 614 g/mol. The predicted molar refractivity (Wildman–Crippen MR) is 195 cm³/mol. The van der Waals surface area contributed by atoms with Gasteiger partial charge in [0.1, 0.15) is 12.1 Å². The molecule has 4 heteroatoms. The molecule has 6 aromatic rings. The lowest BCUT2D eigenvalue weighted by atomic mass is 9.85. The van der Waals surface area contributed by atoms with Crippen molar-refractivity contribution in [1.29, 1.82) is 10.5 Å². The van der Waals surface area contributed by atoms with Crippen molar-refractivity contribution in [1.82, 2.24) is 9.55 Å². The van der Waals surface area contributed by atoms with Crippen LogP contribution in [0.5, 0.6) is 0 Å². The van der Waals surface area contributed by atoms with Crippen LogP contribution in [0.2, 0.25) is 0 Å². The molecule has 0 aliphatic rings. The molecule has 4 nitrogen and oxygen atoms in total. The Morgan fingerprint density at radius 3 is 1.53 bits per heavy atom. The van der Waals surface area contributed by atoms with E-state index in [1.54, 1.807) is 12.3 Å². The summed E-state index contributed by atoms with van der Waals surface area (Å²) in [6.45, 7) is 22.2. The molecule has 2 heterocycles. The number of nitriles is 2. The largest absolute Gasteiger partial charge is 0.309 e. The Kier molecular flexibility index (Phi) is 7.61. The van der Waals surface area contributed by atoms with Crippen molar-refractivity contribution < 1.29 is 0 Å². The van der Waals surface area contributed by atoms with Crippen LogP contribution in [0.1, 0.15) is 86.1 Å². The number of aryl methyl sites for hydroxylation is 4. The molecule has 47 heavy (non-hydrogen) atoms. The Labute approximate surface area is 278 Å². The zero-order chi connectivity index (χ0) is 34.0. The van der Waals surface area contributed by atoms with Gasteiger partial charge in [-0.3, -0.25) is 4.98 Å². The number of pyridine rings is 1. The van der Waals surface area contributed by atoms with Gasteiger partial charge in [-0.15, -0.1) is 0 Å². The Morgan fingerprint density at radius 1 is 0.596 bits per heavy atom. The first-order valence-electron chi connectivity index (χ1n) is 16.3. The minimum absolute atomic E-state index is 0.0528. The van der Waals surface area contributed by atoms with Crippen molar-refractivity contribution in [3.63, 3.8) is 0 Å². The lowest BCUT2D eigenvalue weighted by Gasteiger charge is -2.20. The van der Waals surface area contributed by atoms with Crippen molar-refractivity contribution in [2.24, 2.45) is 0 Å². The number of hydrogen-bond acceptors (Lipinski definition) is 3. The van der Waals surface area contributed by atoms with Gasteiger partial charge >= 0.3 is 0 Å². The maximum atomic E-state index is 9.82. The van der Waals surface area contributed by atoms with Crippen molar-refractivity contribution in [2.45, 2.75) is 80.1 Å². The van der Waals surface area contributed by atoms with E-state index in [2.05, 4.69) is 152 Å². The summed E-state index contributed by atoms with van der Waals surface area (Å²) >= 11 is 0. The summed E-state index contributed by atoms with van der Waals surface area (Å²) < 4.78 is 2.42. The highest BCUT2D eigenvalue weighted by atomic mass is 15.0. The van der Waals surface area contributed by atoms with Crippen LogP contribution < -0.4 is 0 Å². The molecule has 0 aliphatic carbocycles. The zero-order valence-electron chi connectivity index (χ0n) is 29.2. The number of fused-ring (bicyclic) bond motifs is 3. The summed E-state index contributed by atoms with van der Waals surface area (Å²) in [5.74, 6) is 0. The molecule has 6 rings (SSSR count). The third-order valence-corrected chi connectivity index (χ3v) is 9.47. The highest BCUT2D eigenvalue weighted by Crippen LogP contribution is 2.40. The summed E-state index contributed by atoms with van der Waals surface area (Å²) in [4.78, 5) is 4.53. The van der Waals surface area contributed by atoms with Crippen LogP contribution in [-0.4, -0.2) is 9.55 Å². The molecule has 0 unspecified atom stereocenters. The van der Waals surface area contributed by atoms with E-state index < -0.39 is 0 Å². The Morgan fingerprint density at radius 2 is 1.09 bits per heavy atom. The lowest BCUT2D eigenvalue weighted by Crippen LogP contribution is -2.10. The van der Waals surface area contributed by atoms with E-state index in [0.29, 0.717) is 16.8 Å². The van der Waals surface area contributed by atoms with E-state index in [0.717, 1.165) is 27.9 Å². The van der Waals surface area contributed by atoms with E-state index in [-0.39, 0.29) is 10.8 Å². The smallest absolute Gasteiger partial charge is 0.101 e. The van der Waals surface area contributed by atoms with Gasteiger partial charge in [-0.05, 0) is 125 Å². The van der Waals surface area contributed by atoms with Gasteiger partial charge in [-0.1, -0.05) is 65.8 Å². The van der Waals surface area contributed by atoms with Crippen molar-refractivity contribution in [2.75, 3.05) is 0 Å². The second kappa shape index (κ2) is 11.3. The van der Waals surface area contributed by atoms with E-state index in [4.69, 9.17) is 0 Å². The van der Waals surface area contributed by atoms with Gasteiger partial charge in [0.2, 0.25) is 0 Å². The molecular weight excluding hydrogens is 573 g/mol. The molecule has 0 bridgehead atoms. The molecule has 0 radical (unpaired) electrons. The van der Waals surface area contributed by atoms with Crippen LogP contribution in [0.4, 0.5) is 0 Å². The maximum Gasteiger partial charge on any atom is 0.101 e. The molecule has 2 aromatic heterocycles. The molecule has 0 amide bonds. The second-order valence-corrected chi connectivity index (χ2v) is 15.1. The zero-order valence-corrected chi connectivity index (χ0v) is 29.2. The average Bonchev–Trinajstić information content (AvgIpc) is 3.33. The molecular formula is C43H42N4. The number of aromatic nitrogens is 2. The third kappa shape index (κ3) is 5.49. The average molecular weight is 615 g/mol. The van der Waals surface area contributed by atoms with E-state index >= 15 is 0 Å². The fourth-order valence-electron chi connectivity index (χ4n) is 7.05. The first kappa shape index (κ1) is 31.8. The number of benzene rings is 4. The van der Waals surface area contributed by atoms with Crippen molar-refractivity contribution in [3.8, 4) is 40.2 Å². The summed E-state index contributed by atoms with van der Waals surface area (Å²) in [6, 6.07) is 28.9. The molecule has 0 fully saturated rings. The van der Waals surface area contributed by atoms with Crippen LogP contribution in [0.15, 0.2) is 72.9 Å². The molecule has 0 saturated carbocycles. The fourth-order valence-corrected chi connectivity index (χ4v) is 7.05. The minimum Gasteiger partial charge on any atom is -0.309 e. The van der Waals surface area contributed by atoms with Crippen LogP contribution >= 0.6 is 0 Å². The van der Waals surface area contributed by atoms with Gasteiger partial charge in [0, 0.05) is 28.2 Å². The second-order valence-electron chi connectivity index (χ2n) is 15.1. The Balaban J connectivity index is 1.53. The van der Waals surface area contributed by atoms with Crippen molar-refractivity contribution in [3.05, 3.63) is 117 Å². The third-order valence-electron chi connectivity index (χ3n) is 9.47. The normalized spacial score (nSPS) is 12.0. The van der Waals surface area contributed by atoms with Gasteiger partial charge in [0.25, 0.3) is 0 Å². The van der Waals surface area contributed by atoms with Gasteiger partial charge in [-0.2, -0.15) is 10.5 Å². The molecule has 0 aliphatic heterocycles. The molecule has 0 spiro atoms. The SMILES string of the molecule is Cc1cc(-n2c3ccc(C(C)(C)C)cc3c3cc(C(C)(C)C)ccc32)cc(C)c1-c1cc(C)c(-c2ncc(C#N)cc2C#N)c(C)c1. The molecule has 0 saturated heterocycles. The lowest BCUT2D eigenvalue weighted by molar-refractivity contribution is 0.590. The van der Waals surface area contributed by atoms with Gasteiger partial charge in [-0.25, -0.2) is 0 Å². The minimum atomic E-state index is 0.0528. The molecule has 4 aromatic carbocycles. The van der Waals surface area contributed by atoms with E-state index in [1.165, 1.54) is 49.6 Å². The summed E-state index contributed by atoms with van der Waals surface area (Å²) in [6.07, 6.45) is 1.54. The quantitative estimate of drug-likeness (QED) is 0.199. The van der Waals surface area contributed by atoms with Crippen LogP contribution in [0, 0.1) is 50.4 Å². The Bertz CT molecular complexity index is 2200. The van der Waals surface area contributed by atoms with E-state index in [1.807, 2.05) is 0 Å². The predicted octanol–water partition coefficient (Wildman–Crippen LogP) is 11.1. The molecule has 234 valence electrons. The maximum absolute atomic E-state index is 9.82. The standard InChI is InChI=1S/C43H42N4/c1-25-15-30(16-26(2)40(25)41-31(23-45)19-29(22-44)24-46-41)39-27(3)17-34(18-28(39)4)47-37-13-11-32(42(5,6)7)20-35(37)36-21-33(43(8,9)10)12-14-38(36)47/h11-21,24H,1-10H3. The van der Waals surface area contributed by atoms with Crippen molar-refractivity contribution >= 4 is 21.8 Å². The number of hydrogen-bond donors (Lipinski definition) is 0. The summed E-state index contributed by atoms with van der Waals surface area (Å²) in [7, 11) is 0. The highest BCUT2D eigenvalue weighted by Gasteiger charge is 2.22. The first-order valence-corrected chi connectivity index (χ1v) is 16.3. The van der Waals surface area contributed by atoms with Crippen LogP contribution in [-0.2, 0) is 10.8 Å². The number of nitrogens with zero attached hydrogens (tertiary/aromatic N) is 4. The highest BCUT2D eigenvalue weighted by molar-refractivity contribution is 6.10. The van der Waals surface area contributed by atoms with Crippen LogP contribution in [0.25, 0.3) is 49.9 Å². The Hall–Kier alpha value is -5.19. The van der Waals surface area contributed by atoms with Gasteiger partial charge in [0.05, 0.1) is 27.9 Å². The van der Waals surface area contributed by atoms with Gasteiger partial charge in [0.15, 0.2) is 0 Å². The first-order chi connectivity index (χ1) is 22.1. The van der Waals surface area contributed by atoms with E-state index in [9.17, 15) is 10.5 Å². The fraction of sp³-hybridized carbons (Fsp3) is 0.279. The summed E-state index contributed by atoms with van der Waals surface area (Å²) in [5, 5.41) is 21.7. The van der Waals surface area contributed by atoms with Crippen LogP contribution in [0.3, 0.4) is 0 Å². The number of rotatable bonds is 3. The molecule has 0 N–H and O–H groups in total.